The van der Waals surface area contributed by atoms with Crippen LogP contribution in [0, 0.1) is 11.3 Å². The van der Waals surface area contributed by atoms with Gasteiger partial charge in [-0.25, -0.2) is 0 Å². The summed E-state index contributed by atoms with van der Waals surface area (Å²) in [6, 6.07) is 7.39. The summed E-state index contributed by atoms with van der Waals surface area (Å²) in [5.41, 5.74) is 0.000702. The maximum Gasteiger partial charge on any atom is 0.417 e. The van der Waals surface area contributed by atoms with E-state index in [2.05, 4.69) is 20.9 Å². The van der Waals surface area contributed by atoms with Gasteiger partial charge in [-0.15, -0.1) is 0 Å². The lowest BCUT2D eigenvalue weighted by molar-refractivity contribution is -0.137. The molecule has 1 heterocycles. The monoisotopic (exact) mass is 426 g/mol. The number of nitrogens with zero attached hydrogens (tertiary/aromatic N) is 2. The molecule has 0 saturated carbocycles. The number of ether oxygens (including phenoxy) is 2. The van der Waals surface area contributed by atoms with E-state index >= 15 is 0 Å². The van der Waals surface area contributed by atoms with Crippen LogP contribution in [0.4, 0.5) is 13.2 Å². The van der Waals surface area contributed by atoms with Crippen LogP contribution in [0.25, 0.3) is 11.6 Å². The van der Waals surface area contributed by atoms with E-state index in [0.29, 0.717) is 34.3 Å². The first-order valence-corrected chi connectivity index (χ1v) is 8.25. The van der Waals surface area contributed by atoms with Crippen molar-refractivity contribution in [3.8, 4) is 17.6 Å². The third-order valence-electron chi connectivity index (χ3n) is 3.34. The van der Waals surface area contributed by atoms with Gasteiger partial charge in [-0.3, -0.25) is 4.98 Å². The number of halogens is 4. The Balaban J connectivity index is 2.43. The van der Waals surface area contributed by atoms with Crippen LogP contribution in [0.1, 0.15) is 23.7 Å². The number of hydrogen-bond acceptors (Lipinski definition) is 4. The minimum atomic E-state index is -4.48. The summed E-state index contributed by atoms with van der Waals surface area (Å²) in [6.45, 7) is 2.28. The van der Waals surface area contributed by atoms with E-state index < -0.39 is 11.7 Å². The lowest BCUT2D eigenvalue weighted by Gasteiger charge is -2.12. The van der Waals surface area contributed by atoms with E-state index in [1.54, 1.807) is 12.1 Å². The fourth-order valence-corrected chi connectivity index (χ4v) is 2.73. The molecule has 1 aromatic carbocycles. The van der Waals surface area contributed by atoms with E-state index in [1.807, 2.05) is 13.0 Å². The second-order valence-corrected chi connectivity index (χ2v) is 5.92. The smallest absolute Gasteiger partial charge is 0.417 e. The number of benzene rings is 1. The number of alkyl halides is 3. The molecule has 0 unspecified atom stereocenters. The van der Waals surface area contributed by atoms with Crippen molar-refractivity contribution in [1.29, 1.82) is 5.26 Å². The first kappa shape index (κ1) is 19.8. The molecule has 0 saturated heterocycles. The lowest BCUT2D eigenvalue weighted by atomic mass is 10.1. The van der Waals surface area contributed by atoms with Gasteiger partial charge in [0.05, 0.1) is 35.0 Å². The maximum atomic E-state index is 12.6. The van der Waals surface area contributed by atoms with Crippen LogP contribution in [0.2, 0.25) is 0 Å². The molecular weight excluding hydrogens is 413 g/mol. The molecule has 0 amide bonds. The van der Waals surface area contributed by atoms with Crippen LogP contribution in [-0.2, 0) is 6.18 Å². The second kappa shape index (κ2) is 8.23. The molecule has 4 nitrogen and oxygen atoms in total. The highest BCUT2D eigenvalue weighted by Crippen LogP contribution is 2.37. The average molecular weight is 427 g/mol. The van der Waals surface area contributed by atoms with E-state index in [9.17, 15) is 18.4 Å². The fraction of sp³-hybridized carbons (Fsp3) is 0.222. The summed E-state index contributed by atoms with van der Waals surface area (Å²) in [4.78, 5) is 3.75. The van der Waals surface area contributed by atoms with Crippen LogP contribution in [0.5, 0.6) is 11.5 Å². The van der Waals surface area contributed by atoms with Gasteiger partial charge in [0, 0.05) is 6.20 Å². The van der Waals surface area contributed by atoms with Gasteiger partial charge in [-0.05, 0) is 58.8 Å². The summed E-state index contributed by atoms with van der Waals surface area (Å²) in [5, 5.41) is 9.36. The molecule has 0 aliphatic rings. The van der Waals surface area contributed by atoms with E-state index in [0.717, 1.165) is 6.07 Å². The first-order chi connectivity index (χ1) is 12.3. The van der Waals surface area contributed by atoms with E-state index in [4.69, 9.17) is 9.47 Å². The highest BCUT2D eigenvalue weighted by molar-refractivity contribution is 9.10. The van der Waals surface area contributed by atoms with Crippen LogP contribution >= 0.6 is 15.9 Å². The Morgan fingerprint density at radius 1 is 1.35 bits per heavy atom. The van der Waals surface area contributed by atoms with Crippen molar-refractivity contribution in [2.75, 3.05) is 13.7 Å². The molecule has 1 aromatic heterocycles. The molecule has 0 aliphatic heterocycles. The van der Waals surface area contributed by atoms with Crippen molar-refractivity contribution in [3.05, 3.63) is 51.8 Å². The molecule has 136 valence electrons. The molecule has 0 bridgehead atoms. The van der Waals surface area contributed by atoms with Gasteiger partial charge in [0.25, 0.3) is 0 Å². The van der Waals surface area contributed by atoms with Crippen molar-refractivity contribution in [2.45, 2.75) is 13.1 Å². The first-order valence-electron chi connectivity index (χ1n) is 7.46. The molecule has 2 rings (SSSR count). The number of nitriles is 1. The highest BCUT2D eigenvalue weighted by Gasteiger charge is 2.30. The summed E-state index contributed by atoms with van der Waals surface area (Å²) in [5.74, 6) is 0.989. The Morgan fingerprint density at radius 2 is 2.08 bits per heavy atom. The van der Waals surface area contributed by atoms with Crippen LogP contribution < -0.4 is 9.47 Å². The largest absolute Gasteiger partial charge is 0.493 e. The molecule has 2 aromatic rings. The average Bonchev–Trinajstić information content (AvgIpc) is 2.61. The quantitative estimate of drug-likeness (QED) is 0.605. The summed E-state index contributed by atoms with van der Waals surface area (Å²) < 4.78 is 49.3. The number of hydrogen-bond donors (Lipinski definition) is 0. The van der Waals surface area contributed by atoms with Crippen LogP contribution in [0.15, 0.2) is 34.9 Å². The normalized spacial score (nSPS) is 11.8. The third-order valence-corrected chi connectivity index (χ3v) is 3.93. The number of rotatable bonds is 5. The van der Waals surface area contributed by atoms with Crippen LogP contribution in [-0.4, -0.2) is 18.7 Å². The van der Waals surface area contributed by atoms with Gasteiger partial charge in [-0.2, -0.15) is 18.4 Å². The fourth-order valence-electron chi connectivity index (χ4n) is 2.16. The standard InChI is InChI=1S/C18H14BrF3N2O2/c1-3-26-17-14(19)7-11(8-16(17)25-2)6-12(9-23)15-5-4-13(10-24-15)18(20,21)22/h4-8,10H,3H2,1-2H3/b12-6+. The minimum Gasteiger partial charge on any atom is -0.493 e. The van der Waals surface area contributed by atoms with Crippen molar-refractivity contribution in [2.24, 2.45) is 0 Å². The SMILES string of the molecule is CCOc1c(Br)cc(/C=C(\C#N)c2ccc(C(F)(F)F)cn2)cc1OC. The Hall–Kier alpha value is -2.53. The highest BCUT2D eigenvalue weighted by atomic mass is 79.9. The number of aromatic nitrogens is 1. The zero-order chi connectivity index (χ0) is 19.3. The predicted molar refractivity (Wildman–Crippen MR) is 94.6 cm³/mol. The summed E-state index contributed by atoms with van der Waals surface area (Å²) in [6.07, 6.45) is -2.26. The Bertz CT molecular complexity index is 856. The lowest BCUT2D eigenvalue weighted by Crippen LogP contribution is -2.05. The third kappa shape index (κ3) is 4.55. The minimum absolute atomic E-state index is 0.122. The van der Waals surface area contributed by atoms with Gasteiger partial charge >= 0.3 is 6.18 Å². The van der Waals surface area contributed by atoms with Gasteiger partial charge in [0.2, 0.25) is 0 Å². The van der Waals surface area contributed by atoms with Crippen molar-refractivity contribution in [1.82, 2.24) is 4.98 Å². The summed E-state index contributed by atoms with van der Waals surface area (Å²) >= 11 is 3.38. The molecule has 0 radical (unpaired) electrons. The topological polar surface area (TPSA) is 55.1 Å². The Morgan fingerprint density at radius 3 is 2.58 bits per heavy atom. The number of methoxy groups -OCH3 is 1. The van der Waals surface area contributed by atoms with E-state index in [1.165, 1.54) is 19.3 Å². The molecule has 0 spiro atoms. The molecule has 8 heteroatoms. The Labute approximate surface area is 157 Å². The number of pyridine rings is 1. The van der Waals surface area contributed by atoms with Gasteiger partial charge in [0.15, 0.2) is 11.5 Å². The summed E-state index contributed by atoms with van der Waals surface area (Å²) in [7, 11) is 1.49. The maximum absolute atomic E-state index is 12.6. The molecule has 26 heavy (non-hydrogen) atoms. The van der Waals surface area contributed by atoms with Crippen molar-refractivity contribution in [3.63, 3.8) is 0 Å². The molecule has 0 aliphatic carbocycles. The predicted octanol–water partition coefficient (Wildman–Crippen LogP) is 5.33. The molecule has 0 N–H and O–H groups in total. The van der Waals surface area contributed by atoms with Crippen molar-refractivity contribution < 1.29 is 22.6 Å². The second-order valence-electron chi connectivity index (χ2n) is 5.07. The van der Waals surface area contributed by atoms with Gasteiger partial charge in [-0.1, -0.05) is 0 Å². The molecule has 0 fully saturated rings. The van der Waals surface area contributed by atoms with Crippen molar-refractivity contribution >= 4 is 27.6 Å². The van der Waals surface area contributed by atoms with Gasteiger partial charge < -0.3 is 9.47 Å². The molecule has 0 atom stereocenters. The molecular formula is C18H14BrF3N2O2. The zero-order valence-electron chi connectivity index (χ0n) is 13.9. The Kier molecular flexibility index (Phi) is 6.27. The zero-order valence-corrected chi connectivity index (χ0v) is 15.5. The van der Waals surface area contributed by atoms with Gasteiger partial charge in [0.1, 0.15) is 6.07 Å². The van der Waals surface area contributed by atoms with E-state index in [-0.39, 0.29) is 11.3 Å². The van der Waals surface area contributed by atoms with Crippen LogP contribution in [0.3, 0.4) is 0 Å². The number of allylic oxidation sites excluding steroid dienone is 1.